The molecule has 3 heterocycles. The molecule has 4 aliphatic carbocycles. The van der Waals surface area contributed by atoms with Crippen molar-refractivity contribution < 1.29 is 14.6 Å². The maximum absolute atomic E-state index is 12.6. The standard InChI is InChI=1S/C33H43N3O3/c1-21-10-13-31(3)23-8-9-27-30(2)17-22(36-26(12-16-35-36)25-7-5-6-15-34-25)18-33(27,20-39-19-30)24(23)11-14-32(31,4)28(21)29(37)38/h5-7,11-12,15-16,21-23,27-28H,8-10,13-14,17-20H2,1-4H3,(H,37,38). The Morgan fingerprint density at radius 1 is 1.05 bits per heavy atom. The Kier molecular flexibility index (Phi) is 5.57. The Hall–Kier alpha value is -2.47. The molecule has 6 nitrogen and oxygen atoms in total. The van der Waals surface area contributed by atoms with Crippen LogP contribution in [-0.4, -0.2) is 39.1 Å². The van der Waals surface area contributed by atoms with Gasteiger partial charge in [0.1, 0.15) is 0 Å². The van der Waals surface area contributed by atoms with Gasteiger partial charge in [-0.3, -0.25) is 14.5 Å². The smallest absolute Gasteiger partial charge is 0.307 e. The fourth-order valence-electron chi connectivity index (χ4n) is 10.9. The molecule has 2 aromatic rings. The Balaban J connectivity index is 1.33. The summed E-state index contributed by atoms with van der Waals surface area (Å²) in [6, 6.07) is 8.47. The van der Waals surface area contributed by atoms with E-state index in [-0.39, 0.29) is 39.5 Å². The molecule has 3 saturated carbocycles. The molecule has 7 rings (SSSR count). The van der Waals surface area contributed by atoms with E-state index in [1.165, 1.54) is 12.8 Å². The minimum absolute atomic E-state index is 0.0156. The van der Waals surface area contributed by atoms with Gasteiger partial charge in [0.05, 0.1) is 36.6 Å². The average molecular weight is 530 g/mol. The highest BCUT2D eigenvalue weighted by Crippen LogP contribution is 2.73. The van der Waals surface area contributed by atoms with Crippen LogP contribution in [0.3, 0.4) is 0 Å². The predicted octanol–water partition coefficient (Wildman–Crippen LogP) is 6.80. The summed E-state index contributed by atoms with van der Waals surface area (Å²) in [5.41, 5.74) is 3.49. The fraction of sp³-hybridized carbons (Fsp3) is 0.667. The third-order valence-electron chi connectivity index (χ3n) is 12.7. The zero-order chi connectivity index (χ0) is 27.2. The summed E-state index contributed by atoms with van der Waals surface area (Å²) in [7, 11) is 0. The van der Waals surface area contributed by atoms with Gasteiger partial charge in [-0.25, -0.2) is 0 Å². The number of aliphatic carboxylic acids is 1. The summed E-state index contributed by atoms with van der Waals surface area (Å²) in [6.45, 7) is 10.9. The number of ether oxygens (including phenoxy) is 1. The Bertz CT molecular complexity index is 1320. The van der Waals surface area contributed by atoms with Crippen LogP contribution >= 0.6 is 0 Å². The number of carboxylic acid groups (broad SMARTS) is 1. The summed E-state index contributed by atoms with van der Waals surface area (Å²) < 4.78 is 8.78. The van der Waals surface area contributed by atoms with E-state index in [0.29, 0.717) is 11.8 Å². The minimum atomic E-state index is -0.605. The normalized spacial score (nSPS) is 44.9. The fourth-order valence-corrected chi connectivity index (χ4v) is 10.9. The van der Waals surface area contributed by atoms with Crippen molar-refractivity contribution in [3.8, 4) is 11.4 Å². The van der Waals surface area contributed by atoms with Crippen molar-refractivity contribution >= 4 is 5.97 Å². The number of carbonyl (C=O) groups is 1. The second-order valence-corrected chi connectivity index (χ2v) is 14.5. The zero-order valence-corrected chi connectivity index (χ0v) is 23.9. The molecular formula is C33H43N3O3. The number of fused-ring (bicyclic) bond motifs is 3. The summed E-state index contributed by atoms with van der Waals surface area (Å²) in [5, 5.41) is 15.3. The Morgan fingerprint density at radius 2 is 1.90 bits per heavy atom. The number of pyridine rings is 1. The highest BCUT2D eigenvalue weighted by atomic mass is 16.5. The Labute approximate surface area is 232 Å². The van der Waals surface area contributed by atoms with Crippen LogP contribution in [-0.2, 0) is 9.53 Å². The van der Waals surface area contributed by atoms with E-state index in [4.69, 9.17) is 9.84 Å². The van der Waals surface area contributed by atoms with Crippen molar-refractivity contribution in [2.24, 2.45) is 45.3 Å². The van der Waals surface area contributed by atoms with E-state index < -0.39 is 5.97 Å². The summed E-state index contributed by atoms with van der Waals surface area (Å²) in [5.74, 6) is 0.333. The SMILES string of the molecule is CC1CCC2(C)C3CCC4C5(C)COCC4(CC(n4nccc4-c4ccccn4)C5)C3=CCC2(C)C1C(=O)O. The van der Waals surface area contributed by atoms with E-state index >= 15 is 0 Å². The van der Waals surface area contributed by atoms with Crippen molar-refractivity contribution in [2.45, 2.75) is 78.7 Å². The molecule has 208 valence electrons. The number of nitrogens with zero attached hydrogens (tertiary/aromatic N) is 3. The molecule has 4 fully saturated rings. The van der Waals surface area contributed by atoms with Crippen molar-refractivity contribution in [3.05, 3.63) is 48.3 Å². The van der Waals surface area contributed by atoms with Crippen molar-refractivity contribution in [1.82, 2.24) is 14.8 Å². The molecule has 9 unspecified atom stereocenters. The van der Waals surface area contributed by atoms with Gasteiger partial charge < -0.3 is 9.84 Å². The molecule has 39 heavy (non-hydrogen) atoms. The number of aromatic nitrogens is 3. The maximum atomic E-state index is 12.6. The monoisotopic (exact) mass is 529 g/mol. The molecule has 0 aromatic carbocycles. The molecular weight excluding hydrogens is 486 g/mol. The molecule has 0 amide bonds. The molecule has 2 bridgehead atoms. The number of allylic oxidation sites excluding steroid dienone is 1. The zero-order valence-electron chi connectivity index (χ0n) is 23.9. The van der Waals surface area contributed by atoms with Gasteiger partial charge in [-0.1, -0.05) is 45.4 Å². The van der Waals surface area contributed by atoms with Gasteiger partial charge in [-0.2, -0.15) is 5.10 Å². The van der Waals surface area contributed by atoms with Crippen LogP contribution in [0.25, 0.3) is 11.4 Å². The van der Waals surface area contributed by atoms with Crippen LogP contribution in [0.5, 0.6) is 0 Å². The van der Waals surface area contributed by atoms with Gasteiger partial charge in [0.2, 0.25) is 0 Å². The van der Waals surface area contributed by atoms with Crippen LogP contribution in [0.1, 0.15) is 78.7 Å². The molecule has 1 aliphatic heterocycles. The third-order valence-corrected chi connectivity index (χ3v) is 12.7. The van der Waals surface area contributed by atoms with Crippen LogP contribution in [0, 0.1) is 45.3 Å². The minimum Gasteiger partial charge on any atom is -0.481 e. The van der Waals surface area contributed by atoms with Crippen LogP contribution in [0.15, 0.2) is 48.3 Å². The number of hydrogen-bond donors (Lipinski definition) is 1. The topological polar surface area (TPSA) is 77.2 Å². The summed E-state index contributed by atoms with van der Waals surface area (Å²) in [4.78, 5) is 17.3. The van der Waals surface area contributed by atoms with Crippen molar-refractivity contribution in [3.63, 3.8) is 0 Å². The molecule has 1 saturated heterocycles. The van der Waals surface area contributed by atoms with Crippen LogP contribution in [0.2, 0.25) is 0 Å². The van der Waals surface area contributed by atoms with Gasteiger partial charge in [0.15, 0.2) is 0 Å². The highest BCUT2D eigenvalue weighted by molar-refractivity contribution is 5.72. The first-order chi connectivity index (χ1) is 18.6. The first kappa shape index (κ1) is 25.5. The Morgan fingerprint density at radius 3 is 2.67 bits per heavy atom. The lowest BCUT2D eigenvalue weighted by molar-refractivity contribution is -0.200. The summed E-state index contributed by atoms with van der Waals surface area (Å²) >= 11 is 0. The van der Waals surface area contributed by atoms with E-state index in [0.717, 1.165) is 56.7 Å². The van der Waals surface area contributed by atoms with E-state index in [9.17, 15) is 9.90 Å². The van der Waals surface area contributed by atoms with E-state index in [2.05, 4.69) is 55.6 Å². The maximum Gasteiger partial charge on any atom is 0.307 e. The van der Waals surface area contributed by atoms with Gasteiger partial charge in [0, 0.05) is 17.8 Å². The molecule has 0 radical (unpaired) electrons. The second-order valence-electron chi connectivity index (χ2n) is 14.5. The lowest BCUT2D eigenvalue weighted by atomic mass is 9.36. The van der Waals surface area contributed by atoms with Crippen molar-refractivity contribution in [2.75, 3.05) is 13.2 Å². The number of hydrogen-bond acceptors (Lipinski definition) is 4. The largest absolute Gasteiger partial charge is 0.481 e. The van der Waals surface area contributed by atoms with E-state index in [1.807, 2.05) is 24.5 Å². The van der Waals surface area contributed by atoms with Gasteiger partial charge in [0.25, 0.3) is 0 Å². The first-order valence-electron chi connectivity index (χ1n) is 15.1. The number of rotatable bonds is 3. The molecule has 0 spiro atoms. The predicted molar refractivity (Wildman–Crippen MR) is 150 cm³/mol. The van der Waals surface area contributed by atoms with Gasteiger partial charge in [-0.15, -0.1) is 0 Å². The number of carboxylic acids is 1. The van der Waals surface area contributed by atoms with Crippen LogP contribution in [0.4, 0.5) is 0 Å². The molecule has 5 aliphatic rings. The first-order valence-corrected chi connectivity index (χ1v) is 15.1. The molecule has 9 atom stereocenters. The summed E-state index contributed by atoms with van der Waals surface area (Å²) in [6.07, 6.45) is 13.7. The van der Waals surface area contributed by atoms with Gasteiger partial charge in [-0.05, 0) is 97.1 Å². The average Bonchev–Trinajstić information content (AvgIpc) is 3.39. The second kappa shape index (κ2) is 8.52. The van der Waals surface area contributed by atoms with E-state index in [1.54, 1.807) is 5.57 Å². The van der Waals surface area contributed by atoms with Gasteiger partial charge >= 0.3 is 5.97 Å². The molecule has 6 heteroatoms. The van der Waals surface area contributed by atoms with Crippen LogP contribution < -0.4 is 0 Å². The quantitative estimate of drug-likeness (QED) is 0.442. The molecule has 1 N–H and O–H groups in total. The van der Waals surface area contributed by atoms with Crippen molar-refractivity contribution in [1.29, 1.82) is 0 Å². The lowest BCUT2D eigenvalue weighted by Crippen LogP contribution is -2.64. The highest BCUT2D eigenvalue weighted by Gasteiger charge is 2.68. The molecule has 2 aromatic heterocycles. The third kappa shape index (κ3) is 3.33. The lowest BCUT2D eigenvalue weighted by Gasteiger charge is -2.69.